The number of carbonyl (C=O) groups excluding carboxylic acids is 1. The number of ether oxygens (including phenoxy) is 1. The quantitative estimate of drug-likeness (QED) is 0.463. The molecule has 1 aliphatic rings. The van der Waals surface area contributed by atoms with E-state index in [0.29, 0.717) is 10.8 Å². The molecule has 0 atom stereocenters. The van der Waals surface area contributed by atoms with Crippen LogP contribution in [0.1, 0.15) is 74.0 Å². The molecular weight excluding hydrogens is 410 g/mol. The zero-order valence-corrected chi connectivity index (χ0v) is 19.1. The van der Waals surface area contributed by atoms with Gasteiger partial charge in [-0.2, -0.15) is 0 Å². The smallest absolute Gasteiger partial charge is 0.345 e. The van der Waals surface area contributed by atoms with Gasteiger partial charge in [0, 0.05) is 0 Å². The van der Waals surface area contributed by atoms with Crippen LogP contribution in [0.2, 0.25) is 0 Å². The number of hydrogen-bond acceptors (Lipinski definition) is 4. The second-order valence-corrected chi connectivity index (χ2v) is 10.3. The topological polar surface area (TPSA) is 68.5 Å². The van der Waals surface area contributed by atoms with Gasteiger partial charge in [-0.15, -0.1) is 11.3 Å². The molecule has 1 aromatic carbocycles. The molecule has 0 spiro atoms. The molecular formula is C25H29NO4S. The number of benzene rings is 1. The molecule has 4 rings (SSSR count). The Kier molecular flexibility index (Phi) is 5.93. The van der Waals surface area contributed by atoms with Gasteiger partial charge in [-0.05, 0) is 56.7 Å². The molecule has 31 heavy (non-hydrogen) atoms. The monoisotopic (exact) mass is 439 g/mol. The molecule has 1 saturated carbocycles. The molecule has 0 amide bonds. The highest BCUT2D eigenvalue weighted by Crippen LogP contribution is 2.46. The Hall–Kier alpha value is -2.60. The number of aromatic nitrogens is 1. The van der Waals surface area contributed by atoms with Crippen molar-refractivity contribution in [1.29, 1.82) is 0 Å². The number of esters is 1. The molecule has 0 saturated heterocycles. The first-order valence-corrected chi connectivity index (χ1v) is 11.7. The van der Waals surface area contributed by atoms with Crippen molar-refractivity contribution < 1.29 is 19.4 Å². The molecule has 0 aliphatic heterocycles. The second-order valence-electron chi connectivity index (χ2n) is 9.27. The highest BCUT2D eigenvalue weighted by Gasteiger charge is 2.30. The average molecular weight is 440 g/mol. The van der Waals surface area contributed by atoms with E-state index in [4.69, 9.17) is 4.74 Å². The van der Waals surface area contributed by atoms with Crippen LogP contribution in [0, 0.1) is 0 Å². The Morgan fingerprint density at radius 3 is 2.42 bits per heavy atom. The standard InChI is InChI=1S/C25H29NO4S/c1-25(2,3)30-20(27)15-26-18-14-19(24(28)29)31-23(18)21(16-10-6-4-7-11-16)22(26)17-12-8-5-9-13-17/h5,8-9,12-14,16H,4,6-7,10-11,15H2,1-3H3,(H,28,29). The SMILES string of the molecule is CC(C)(C)OC(=O)Cn1c(-c2ccccc2)c(C2CCCCC2)c2sc(C(=O)O)cc21. The highest BCUT2D eigenvalue weighted by atomic mass is 32.1. The summed E-state index contributed by atoms with van der Waals surface area (Å²) in [7, 11) is 0. The lowest BCUT2D eigenvalue weighted by atomic mass is 9.83. The Morgan fingerprint density at radius 2 is 1.81 bits per heavy atom. The molecule has 1 aliphatic carbocycles. The molecule has 0 bridgehead atoms. The summed E-state index contributed by atoms with van der Waals surface area (Å²) in [6.45, 7) is 5.62. The Morgan fingerprint density at radius 1 is 1.13 bits per heavy atom. The van der Waals surface area contributed by atoms with Crippen molar-refractivity contribution in [3.05, 3.63) is 46.8 Å². The van der Waals surface area contributed by atoms with Crippen LogP contribution in [0.5, 0.6) is 0 Å². The third kappa shape index (κ3) is 4.54. The van der Waals surface area contributed by atoms with E-state index < -0.39 is 11.6 Å². The number of hydrogen-bond donors (Lipinski definition) is 1. The molecule has 1 fully saturated rings. The van der Waals surface area contributed by atoms with E-state index in [9.17, 15) is 14.7 Å². The lowest BCUT2D eigenvalue weighted by Crippen LogP contribution is -2.26. The van der Waals surface area contributed by atoms with Crippen molar-refractivity contribution in [2.75, 3.05) is 0 Å². The van der Waals surface area contributed by atoms with Crippen LogP contribution in [0.4, 0.5) is 0 Å². The summed E-state index contributed by atoms with van der Waals surface area (Å²) in [4.78, 5) is 24.9. The van der Waals surface area contributed by atoms with Crippen molar-refractivity contribution in [2.24, 2.45) is 0 Å². The summed E-state index contributed by atoms with van der Waals surface area (Å²) in [5.41, 5.74) is 3.50. The van der Waals surface area contributed by atoms with Crippen molar-refractivity contribution in [3.63, 3.8) is 0 Å². The maximum Gasteiger partial charge on any atom is 0.345 e. The second kappa shape index (κ2) is 8.50. The van der Waals surface area contributed by atoms with Gasteiger partial charge in [-0.1, -0.05) is 49.6 Å². The molecule has 2 heterocycles. The first-order chi connectivity index (χ1) is 14.7. The third-order valence-corrected chi connectivity index (χ3v) is 6.90. The van der Waals surface area contributed by atoms with E-state index in [1.807, 2.05) is 43.5 Å². The van der Waals surface area contributed by atoms with Crippen molar-refractivity contribution in [3.8, 4) is 11.3 Å². The summed E-state index contributed by atoms with van der Waals surface area (Å²) >= 11 is 1.32. The Balaban J connectivity index is 1.93. The largest absolute Gasteiger partial charge is 0.477 e. The van der Waals surface area contributed by atoms with Gasteiger partial charge in [0.25, 0.3) is 0 Å². The molecule has 1 N–H and O–H groups in total. The minimum absolute atomic E-state index is 0.0561. The summed E-state index contributed by atoms with van der Waals surface area (Å²) in [5, 5.41) is 9.63. The molecule has 5 nitrogen and oxygen atoms in total. The number of thiophene rings is 1. The maximum absolute atomic E-state index is 12.8. The summed E-state index contributed by atoms with van der Waals surface area (Å²) in [6.07, 6.45) is 5.77. The van der Waals surface area contributed by atoms with Crippen LogP contribution in [0.25, 0.3) is 21.5 Å². The first kappa shape index (κ1) is 21.6. The van der Waals surface area contributed by atoms with Gasteiger partial charge < -0.3 is 14.4 Å². The molecule has 0 radical (unpaired) electrons. The van der Waals surface area contributed by atoms with E-state index in [1.54, 1.807) is 6.07 Å². The Labute approximate surface area is 186 Å². The zero-order chi connectivity index (χ0) is 22.2. The lowest BCUT2D eigenvalue weighted by Gasteiger charge is -2.24. The van der Waals surface area contributed by atoms with E-state index in [0.717, 1.165) is 34.3 Å². The first-order valence-electron chi connectivity index (χ1n) is 10.9. The van der Waals surface area contributed by atoms with Gasteiger partial charge in [-0.3, -0.25) is 4.79 Å². The number of aromatic carboxylic acids is 1. The molecule has 2 aromatic heterocycles. The molecule has 6 heteroatoms. The predicted octanol–water partition coefficient (Wildman–Crippen LogP) is 6.46. The van der Waals surface area contributed by atoms with Gasteiger partial charge in [0.2, 0.25) is 0 Å². The predicted molar refractivity (Wildman–Crippen MR) is 124 cm³/mol. The van der Waals surface area contributed by atoms with Crippen molar-refractivity contribution in [1.82, 2.24) is 4.57 Å². The van der Waals surface area contributed by atoms with Crippen molar-refractivity contribution in [2.45, 2.75) is 70.9 Å². The molecule has 164 valence electrons. The normalized spacial score (nSPS) is 15.3. The van der Waals surface area contributed by atoms with Crippen LogP contribution in [0.3, 0.4) is 0 Å². The molecule has 0 unspecified atom stereocenters. The van der Waals surface area contributed by atoms with Crippen LogP contribution in [-0.2, 0) is 16.1 Å². The number of carboxylic acids is 1. The third-order valence-electron chi connectivity index (χ3n) is 5.75. The van der Waals surface area contributed by atoms with Crippen LogP contribution >= 0.6 is 11.3 Å². The fraction of sp³-hybridized carbons (Fsp3) is 0.440. The van der Waals surface area contributed by atoms with E-state index in [1.165, 1.54) is 36.2 Å². The fourth-order valence-electron chi connectivity index (χ4n) is 4.60. The maximum atomic E-state index is 12.8. The zero-order valence-electron chi connectivity index (χ0n) is 18.3. The average Bonchev–Trinajstić information content (AvgIpc) is 3.26. The minimum atomic E-state index is -0.930. The van der Waals surface area contributed by atoms with Gasteiger partial charge in [0.1, 0.15) is 17.0 Å². The number of fused-ring (bicyclic) bond motifs is 1. The van der Waals surface area contributed by atoms with Crippen LogP contribution in [-0.4, -0.2) is 27.2 Å². The van der Waals surface area contributed by atoms with Crippen molar-refractivity contribution >= 4 is 33.5 Å². The minimum Gasteiger partial charge on any atom is -0.477 e. The number of carbonyl (C=O) groups is 2. The fourth-order valence-corrected chi connectivity index (χ4v) is 5.72. The summed E-state index contributed by atoms with van der Waals surface area (Å²) in [6, 6.07) is 11.8. The van der Waals surface area contributed by atoms with E-state index >= 15 is 0 Å². The van der Waals surface area contributed by atoms with E-state index in [-0.39, 0.29) is 12.5 Å². The number of nitrogens with zero attached hydrogens (tertiary/aromatic N) is 1. The highest BCUT2D eigenvalue weighted by molar-refractivity contribution is 7.21. The molecule has 3 aromatic rings. The summed E-state index contributed by atoms with van der Waals surface area (Å²) < 4.78 is 8.59. The summed E-state index contributed by atoms with van der Waals surface area (Å²) in [5.74, 6) is -0.882. The van der Waals surface area contributed by atoms with Gasteiger partial charge in [0.05, 0.1) is 15.9 Å². The number of rotatable bonds is 5. The van der Waals surface area contributed by atoms with Gasteiger partial charge >= 0.3 is 11.9 Å². The number of carboxylic acid groups (broad SMARTS) is 1. The van der Waals surface area contributed by atoms with Gasteiger partial charge in [-0.25, -0.2) is 4.79 Å². The lowest BCUT2D eigenvalue weighted by molar-refractivity contribution is -0.155. The Bertz CT molecular complexity index is 1100. The van der Waals surface area contributed by atoms with Gasteiger partial charge in [0.15, 0.2) is 0 Å². The van der Waals surface area contributed by atoms with E-state index in [2.05, 4.69) is 12.1 Å². The van der Waals surface area contributed by atoms with Crippen LogP contribution in [0.15, 0.2) is 36.4 Å². The van der Waals surface area contributed by atoms with Crippen LogP contribution < -0.4 is 0 Å².